The fourth-order valence-corrected chi connectivity index (χ4v) is 4.73. The van der Waals surface area contributed by atoms with Gasteiger partial charge in [0, 0.05) is 18.1 Å². The van der Waals surface area contributed by atoms with Crippen molar-refractivity contribution < 1.29 is 9.59 Å². The highest BCUT2D eigenvalue weighted by atomic mass is 35.5. The highest BCUT2D eigenvalue weighted by Crippen LogP contribution is 2.38. The molecule has 5 heteroatoms. The molecule has 2 amide bonds. The van der Waals surface area contributed by atoms with Crippen molar-refractivity contribution in [1.29, 1.82) is 0 Å². The van der Waals surface area contributed by atoms with Crippen LogP contribution in [0.25, 0.3) is 5.57 Å². The van der Waals surface area contributed by atoms with Gasteiger partial charge in [0.05, 0.1) is 11.3 Å². The van der Waals surface area contributed by atoms with Crippen LogP contribution in [0, 0.1) is 18.8 Å². The van der Waals surface area contributed by atoms with Crippen LogP contribution in [0.3, 0.4) is 0 Å². The lowest BCUT2D eigenvalue weighted by atomic mass is 9.91. The van der Waals surface area contributed by atoms with Crippen molar-refractivity contribution in [3.63, 3.8) is 0 Å². The highest BCUT2D eigenvalue weighted by Gasteiger charge is 2.44. The third-order valence-corrected chi connectivity index (χ3v) is 5.95. The number of nitrogens with zero attached hydrogens (tertiary/aromatic N) is 2. The van der Waals surface area contributed by atoms with Crippen LogP contribution in [-0.4, -0.2) is 29.8 Å². The first-order valence-electron chi connectivity index (χ1n) is 10.1. The van der Waals surface area contributed by atoms with E-state index in [1.807, 2.05) is 43.3 Å². The third-order valence-electron chi connectivity index (χ3n) is 5.72. The van der Waals surface area contributed by atoms with Crippen molar-refractivity contribution >= 4 is 34.7 Å². The Morgan fingerprint density at radius 1 is 0.931 bits per heavy atom. The molecule has 1 fully saturated rings. The van der Waals surface area contributed by atoms with Gasteiger partial charge in [-0.3, -0.25) is 9.59 Å². The van der Waals surface area contributed by atoms with Crippen LogP contribution in [0.2, 0.25) is 5.02 Å². The fraction of sp³-hybridized carbons (Fsp3) is 0.333. The molecule has 0 aliphatic carbocycles. The molecule has 2 aliphatic rings. The highest BCUT2D eigenvalue weighted by molar-refractivity contribution is 6.45. The van der Waals surface area contributed by atoms with Gasteiger partial charge >= 0.3 is 0 Å². The summed E-state index contributed by atoms with van der Waals surface area (Å²) >= 11 is 6.19. The standard InChI is InChI=1S/C24H25ClN2O2/c1-15-11-16(2)14-26(13-15)22-21(18-7-5-4-6-8-18)23(28)27(24(22)29)20-12-19(25)10-9-17(20)3/h4-10,12,15-16H,11,13-14H2,1-3H3. The van der Waals surface area contributed by atoms with Crippen molar-refractivity contribution in [1.82, 2.24) is 4.90 Å². The van der Waals surface area contributed by atoms with Crippen molar-refractivity contribution in [3.8, 4) is 0 Å². The normalized spacial score (nSPS) is 22.6. The van der Waals surface area contributed by atoms with Gasteiger partial charge < -0.3 is 4.90 Å². The summed E-state index contributed by atoms with van der Waals surface area (Å²) in [7, 11) is 0. The smallest absolute Gasteiger partial charge is 0.282 e. The van der Waals surface area contributed by atoms with E-state index in [-0.39, 0.29) is 11.8 Å². The van der Waals surface area contributed by atoms with Crippen molar-refractivity contribution in [3.05, 3.63) is 70.4 Å². The van der Waals surface area contributed by atoms with Crippen LogP contribution in [0.4, 0.5) is 5.69 Å². The lowest BCUT2D eigenvalue weighted by Crippen LogP contribution is -2.42. The minimum Gasteiger partial charge on any atom is -0.366 e. The molecule has 0 radical (unpaired) electrons. The van der Waals surface area contributed by atoms with E-state index in [1.54, 1.807) is 12.1 Å². The van der Waals surface area contributed by atoms with Crippen LogP contribution in [0.5, 0.6) is 0 Å². The molecule has 2 aromatic carbocycles. The van der Waals surface area contributed by atoms with Gasteiger partial charge in [-0.1, -0.05) is 61.8 Å². The number of likely N-dealkylation sites (tertiary alicyclic amines) is 1. The van der Waals surface area contributed by atoms with E-state index in [0.717, 1.165) is 30.6 Å². The number of aryl methyl sites for hydroxylation is 1. The lowest BCUT2D eigenvalue weighted by Gasteiger charge is -2.37. The predicted molar refractivity (Wildman–Crippen MR) is 117 cm³/mol. The molecule has 0 N–H and O–H groups in total. The number of halogens is 1. The molecule has 2 atom stereocenters. The third kappa shape index (κ3) is 3.58. The first-order chi connectivity index (χ1) is 13.9. The molecule has 0 spiro atoms. The number of rotatable bonds is 3. The Balaban J connectivity index is 1.86. The summed E-state index contributed by atoms with van der Waals surface area (Å²) in [5.74, 6) is 0.384. The van der Waals surface area contributed by atoms with Gasteiger partial charge in [0.25, 0.3) is 11.8 Å². The van der Waals surface area contributed by atoms with Crippen LogP contribution >= 0.6 is 11.6 Å². The molecule has 2 heterocycles. The largest absolute Gasteiger partial charge is 0.366 e. The first-order valence-corrected chi connectivity index (χ1v) is 10.4. The number of hydrogen-bond acceptors (Lipinski definition) is 3. The number of benzene rings is 2. The number of anilines is 1. The maximum atomic E-state index is 13.6. The molecule has 4 rings (SSSR count). The second-order valence-corrected chi connectivity index (χ2v) is 8.75. The number of piperidine rings is 1. The van der Waals surface area contributed by atoms with Crippen molar-refractivity contribution in [2.75, 3.05) is 18.0 Å². The average Bonchev–Trinajstić information content (AvgIpc) is 2.94. The van der Waals surface area contributed by atoms with Crippen molar-refractivity contribution in [2.24, 2.45) is 11.8 Å². The summed E-state index contributed by atoms with van der Waals surface area (Å²) in [5, 5.41) is 0.501. The van der Waals surface area contributed by atoms with E-state index in [0.29, 0.717) is 33.8 Å². The summed E-state index contributed by atoms with van der Waals surface area (Å²) in [4.78, 5) is 30.6. The molecule has 2 aliphatic heterocycles. The molecular weight excluding hydrogens is 384 g/mol. The number of imide groups is 1. The summed E-state index contributed by atoms with van der Waals surface area (Å²) in [6.07, 6.45) is 1.13. The van der Waals surface area contributed by atoms with E-state index in [9.17, 15) is 9.59 Å². The molecule has 29 heavy (non-hydrogen) atoms. The summed E-state index contributed by atoms with van der Waals surface area (Å²) < 4.78 is 0. The van der Waals surface area contributed by atoms with Gasteiger partial charge in [-0.2, -0.15) is 0 Å². The zero-order valence-electron chi connectivity index (χ0n) is 17.0. The molecule has 1 saturated heterocycles. The van der Waals surface area contributed by atoms with Crippen LogP contribution < -0.4 is 4.90 Å². The lowest BCUT2D eigenvalue weighted by molar-refractivity contribution is -0.120. The fourth-order valence-electron chi connectivity index (χ4n) is 4.56. The molecule has 0 saturated carbocycles. The Hall–Kier alpha value is -2.59. The maximum Gasteiger partial charge on any atom is 0.282 e. The average molecular weight is 409 g/mol. The van der Waals surface area contributed by atoms with Gasteiger partial charge in [0.2, 0.25) is 0 Å². The van der Waals surface area contributed by atoms with Crippen molar-refractivity contribution in [2.45, 2.75) is 27.2 Å². The molecule has 0 bridgehead atoms. The summed E-state index contributed by atoms with van der Waals surface area (Å²) in [6, 6.07) is 14.8. The molecular formula is C24H25ClN2O2. The van der Waals surface area contributed by atoms with Gasteiger partial charge in [-0.15, -0.1) is 0 Å². The van der Waals surface area contributed by atoms with E-state index < -0.39 is 0 Å². The predicted octanol–water partition coefficient (Wildman–Crippen LogP) is 4.91. The number of hydrogen-bond donors (Lipinski definition) is 0. The van der Waals surface area contributed by atoms with Gasteiger partial charge in [-0.05, 0) is 48.4 Å². The second-order valence-electron chi connectivity index (χ2n) is 8.32. The Morgan fingerprint density at radius 3 is 2.24 bits per heavy atom. The number of carbonyl (C=O) groups excluding carboxylic acids is 2. The topological polar surface area (TPSA) is 40.6 Å². The van der Waals surface area contributed by atoms with Gasteiger partial charge in [0.1, 0.15) is 5.70 Å². The minimum atomic E-state index is -0.285. The minimum absolute atomic E-state index is 0.263. The number of amides is 2. The SMILES string of the molecule is Cc1ccc(Cl)cc1N1C(=O)C(c2ccccc2)=C(N2CC(C)CC(C)C2)C1=O. The summed E-state index contributed by atoms with van der Waals surface area (Å²) in [6.45, 7) is 7.84. The molecule has 4 nitrogen and oxygen atoms in total. The Labute approximate surface area is 176 Å². The Kier molecular flexibility index (Phi) is 5.22. The van der Waals surface area contributed by atoms with Gasteiger partial charge in [-0.25, -0.2) is 4.90 Å². The Bertz CT molecular complexity index is 989. The van der Waals surface area contributed by atoms with Crippen LogP contribution in [0.1, 0.15) is 31.4 Å². The van der Waals surface area contributed by atoms with E-state index in [2.05, 4.69) is 18.7 Å². The number of carbonyl (C=O) groups is 2. The van der Waals surface area contributed by atoms with Gasteiger partial charge in [0.15, 0.2) is 0 Å². The van der Waals surface area contributed by atoms with E-state index in [4.69, 9.17) is 11.6 Å². The molecule has 150 valence electrons. The zero-order valence-corrected chi connectivity index (χ0v) is 17.7. The quantitative estimate of drug-likeness (QED) is 0.677. The molecule has 2 unspecified atom stereocenters. The summed E-state index contributed by atoms with van der Waals surface area (Å²) in [5.41, 5.74) is 3.16. The van der Waals surface area contributed by atoms with Crippen LogP contribution in [0.15, 0.2) is 54.2 Å². The monoisotopic (exact) mass is 408 g/mol. The molecule has 0 aromatic heterocycles. The zero-order chi connectivity index (χ0) is 20.7. The Morgan fingerprint density at radius 2 is 1.59 bits per heavy atom. The maximum absolute atomic E-state index is 13.6. The second kappa shape index (κ2) is 7.68. The first kappa shape index (κ1) is 19.7. The van der Waals surface area contributed by atoms with E-state index in [1.165, 1.54) is 4.90 Å². The van der Waals surface area contributed by atoms with Crippen LogP contribution in [-0.2, 0) is 9.59 Å². The van der Waals surface area contributed by atoms with E-state index >= 15 is 0 Å². The molecule has 2 aromatic rings.